The van der Waals surface area contributed by atoms with Crippen molar-refractivity contribution in [2.75, 3.05) is 18.5 Å². The lowest BCUT2D eigenvalue weighted by Gasteiger charge is -2.10. The van der Waals surface area contributed by atoms with Crippen molar-refractivity contribution in [3.63, 3.8) is 0 Å². The standard InChI is InChI=1S/C18H22N6O3/c25-18(20-12-14-4-2-10-27-14)8-7-17-22-21-16-6-5-15(23-24(16)17)19-11-13-3-1-9-26-13/h1,3,5-6,9,14H,2,4,7-8,10-12H2,(H,19,23)(H,20,25)/t14-/m1/s1. The maximum Gasteiger partial charge on any atom is 0.220 e. The van der Waals surface area contributed by atoms with E-state index in [1.54, 1.807) is 10.8 Å². The van der Waals surface area contributed by atoms with Crippen LogP contribution < -0.4 is 10.6 Å². The van der Waals surface area contributed by atoms with E-state index in [1.165, 1.54) is 0 Å². The molecular weight excluding hydrogens is 348 g/mol. The molecule has 1 aliphatic heterocycles. The van der Waals surface area contributed by atoms with Crippen LogP contribution in [0.2, 0.25) is 0 Å². The van der Waals surface area contributed by atoms with E-state index < -0.39 is 0 Å². The van der Waals surface area contributed by atoms with E-state index in [9.17, 15) is 4.79 Å². The second-order valence-corrected chi connectivity index (χ2v) is 6.48. The summed E-state index contributed by atoms with van der Waals surface area (Å²) in [6.45, 7) is 1.89. The molecule has 4 heterocycles. The Morgan fingerprint density at radius 3 is 3.07 bits per heavy atom. The van der Waals surface area contributed by atoms with Crippen LogP contribution in [0.5, 0.6) is 0 Å². The van der Waals surface area contributed by atoms with Gasteiger partial charge in [0.05, 0.1) is 18.9 Å². The van der Waals surface area contributed by atoms with Crippen molar-refractivity contribution >= 4 is 17.4 Å². The molecule has 0 unspecified atom stereocenters. The van der Waals surface area contributed by atoms with E-state index in [0.29, 0.717) is 43.2 Å². The number of carbonyl (C=O) groups excluding carboxylic acids is 1. The van der Waals surface area contributed by atoms with Gasteiger partial charge in [0, 0.05) is 26.0 Å². The molecule has 9 heteroatoms. The van der Waals surface area contributed by atoms with Crippen LogP contribution in [0.3, 0.4) is 0 Å². The Morgan fingerprint density at radius 2 is 2.26 bits per heavy atom. The molecule has 1 aliphatic rings. The molecule has 2 N–H and O–H groups in total. The summed E-state index contributed by atoms with van der Waals surface area (Å²) >= 11 is 0. The third-order valence-corrected chi connectivity index (χ3v) is 4.48. The molecular formula is C18H22N6O3. The van der Waals surface area contributed by atoms with E-state index in [-0.39, 0.29) is 12.0 Å². The van der Waals surface area contributed by atoms with E-state index in [1.807, 2.05) is 24.3 Å². The lowest BCUT2D eigenvalue weighted by Crippen LogP contribution is -2.32. The van der Waals surface area contributed by atoms with Crippen molar-refractivity contribution in [3.8, 4) is 0 Å². The van der Waals surface area contributed by atoms with Crippen molar-refractivity contribution in [1.29, 1.82) is 0 Å². The average molecular weight is 370 g/mol. The number of anilines is 1. The summed E-state index contributed by atoms with van der Waals surface area (Å²) in [5.74, 6) is 2.14. The first-order valence-electron chi connectivity index (χ1n) is 9.14. The van der Waals surface area contributed by atoms with E-state index in [4.69, 9.17) is 9.15 Å². The fourth-order valence-electron chi connectivity index (χ4n) is 3.02. The molecule has 0 aliphatic carbocycles. The third-order valence-electron chi connectivity index (χ3n) is 4.48. The number of hydrogen-bond acceptors (Lipinski definition) is 7. The molecule has 27 heavy (non-hydrogen) atoms. The van der Waals surface area contributed by atoms with E-state index >= 15 is 0 Å². The maximum absolute atomic E-state index is 12.1. The molecule has 0 saturated carbocycles. The third kappa shape index (κ3) is 4.43. The smallest absolute Gasteiger partial charge is 0.220 e. The van der Waals surface area contributed by atoms with Crippen LogP contribution in [0, 0.1) is 0 Å². The topological polar surface area (TPSA) is 107 Å². The number of hydrogen-bond donors (Lipinski definition) is 2. The van der Waals surface area contributed by atoms with Crippen LogP contribution in [-0.4, -0.2) is 45.0 Å². The van der Waals surface area contributed by atoms with Crippen molar-refractivity contribution in [2.24, 2.45) is 0 Å². The fraction of sp³-hybridized carbons (Fsp3) is 0.444. The van der Waals surface area contributed by atoms with E-state index in [2.05, 4.69) is 25.9 Å². The number of aromatic nitrogens is 4. The number of aryl methyl sites for hydroxylation is 1. The lowest BCUT2D eigenvalue weighted by atomic mass is 10.2. The Kier molecular flexibility index (Phi) is 5.29. The summed E-state index contributed by atoms with van der Waals surface area (Å²) < 4.78 is 12.5. The number of carbonyl (C=O) groups is 1. The van der Waals surface area contributed by atoms with Crippen LogP contribution in [0.4, 0.5) is 5.82 Å². The minimum Gasteiger partial charge on any atom is -0.467 e. The van der Waals surface area contributed by atoms with Gasteiger partial charge >= 0.3 is 0 Å². The van der Waals surface area contributed by atoms with Gasteiger partial charge in [0.15, 0.2) is 11.5 Å². The number of amides is 1. The SMILES string of the molecule is O=C(CCc1nnc2ccc(NCc3ccco3)nn12)NC[C@H]1CCCO1. The quantitative estimate of drug-likeness (QED) is 0.620. The van der Waals surface area contributed by atoms with Crippen LogP contribution in [0.25, 0.3) is 5.65 Å². The highest BCUT2D eigenvalue weighted by molar-refractivity contribution is 5.76. The summed E-state index contributed by atoms with van der Waals surface area (Å²) in [7, 11) is 0. The number of rotatable bonds is 8. The minimum absolute atomic E-state index is 0.0191. The molecule has 1 amide bonds. The zero-order valence-electron chi connectivity index (χ0n) is 14.9. The summed E-state index contributed by atoms with van der Waals surface area (Å²) in [5, 5.41) is 18.9. The number of ether oxygens (including phenoxy) is 1. The first-order valence-corrected chi connectivity index (χ1v) is 9.14. The van der Waals surface area contributed by atoms with Gasteiger partial charge in [-0.25, -0.2) is 0 Å². The molecule has 0 aromatic carbocycles. The van der Waals surface area contributed by atoms with Crippen molar-refractivity contribution in [1.82, 2.24) is 25.1 Å². The van der Waals surface area contributed by atoms with Gasteiger partial charge in [0.25, 0.3) is 0 Å². The van der Waals surface area contributed by atoms with Crippen molar-refractivity contribution < 1.29 is 13.9 Å². The molecule has 0 radical (unpaired) electrons. The van der Waals surface area contributed by atoms with Gasteiger partial charge in [-0.2, -0.15) is 4.52 Å². The van der Waals surface area contributed by atoms with Gasteiger partial charge in [0.1, 0.15) is 11.6 Å². The van der Waals surface area contributed by atoms with Gasteiger partial charge in [-0.15, -0.1) is 15.3 Å². The monoisotopic (exact) mass is 370 g/mol. The largest absolute Gasteiger partial charge is 0.467 e. The lowest BCUT2D eigenvalue weighted by molar-refractivity contribution is -0.121. The Hall–Kier alpha value is -2.94. The van der Waals surface area contributed by atoms with Gasteiger partial charge in [-0.3, -0.25) is 4.79 Å². The Morgan fingerprint density at radius 1 is 1.30 bits per heavy atom. The Labute approximate surface area is 156 Å². The van der Waals surface area contributed by atoms with Crippen molar-refractivity contribution in [3.05, 3.63) is 42.1 Å². The molecule has 0 spiro atoms. The normalized spacial score (nSPS) is 16.7. The van der Waals surface area contributed by atoms with Crippen LogP contribution in [-0.2, 0) is 22.5 Å². The van der Waals surface area contributed by atoms with Gasteiger partial charge in [-0.05, 0) is 37.1 Å². The summed E-state index contributed by atoms with van der Waals surface area (Å²) in [6, 6.07) is 7.41. The van der Waals surface area contributed by atoms with Gasteiger partial charge in [0.2, 0.25) is 5.91 Å². The summed E-state index contributed by atoms with van der Waals surface area (Å²) in [5.41, 5.74) is 0.647. The van der Waals surface area contributed by atoms with Crippen LogP contribution >= 0.6 is 0 Å². The second-order valence-electron chi connectivity index (χ2n) is 6.48. The zero-order valence-corrected chi connectivity index (χ0v) is 14.9. The molecule has 4 rings (SSSR count). The fourth-order valence-corrected chi connectivity index (χ4v) is 3.02. The molecule has 0 bridgehead atoms. The highest BCUT2D eigenvalue weighted by atomic mass is 16.5. The maximum atomic E-state index is 12.1. The first-order chi connectivity index (χ1) is 13.3. The molecule has 9 nitrogen and oxygen atoms in total. The zero-order chi connectivity index (χ0) is 18.5. The van der Waals surface area contributed by atoms with Gasteiger partial charge < -0.3 is 19.8 Å². The molecule has 142 valence electrons. The van der Waals surface area contributed by atoms with Crippen molar-refractivity contribution in [2.45, 2.75) is 38.3 Å². The predicted molar refractivity (Wildman–Crippen MR) is 97.1 cm³/mol. The second kappa shape index (κ2) is 8.17. The first kappa shape index (κ1) is 17.5. The predicted octanol–water partition coefficient (Wildman–Crippen LogP) is 1.56. The number of nitrogens with zero attached hydrogens (tertiary/aromatic N) is 4. The molecule has 3 aromatic heterocycles. The Balaban J connectivity index is 1.33. The summed E-state index contributed by atoms with van der Waals surface area (Å²) in [6.07, 6.45) is 4.65. The highest BCUT2D eigenvalue weighted by Gasteiger charge is 2.16. The highest BCUT2D eigenvalue weighted by Crippen LogP contribution is 2.12. The number of furan rings is 1. The Bertz CT molecular complexity index is 886. The van der Waals surface area contributed by atoms with Gasteiger partial charge in [-0.1, -0.05) is 0 Å². The molecule has 1 fully saturated rings. The molecule has 3 aromatic rings. The number of nitrogens with one attached hydrogen (secondary N) is 2. The minimum atomic E-state index is -0.0191. The number of fused-ring (bicyclic) bond motifs is 1. The average Bonchev–Trinajstić information content (AvgIpc) is 3.45. The summed E-state index contributed by atoms with van der Waals surface area (Å²) in [4.78, 5) is 12.1. The molecule has 1 atom stereocenters. The molecule has 1 saturated heterocycles. The van der Waals surface area contributed by atoms with Crippen LogP contribution in [0.15, 0.2) is 34.9 Å². The van der Waals surface area contributed by atoms with Crippen LogP contribution in [0.1, 0.15) is 30.8 Å². The van der Waals surface area contributed by atoms with E-state index in [0.717, 1.165) is 25.2 Å².